The van der Waals surface area contributed by atoms with E-state index in [-0.39, 0.29) is 23.8 Å². The molecular formula is C17H26FN3O. The van der Waals surface area contributed by atoms with Gasteiger partial charge in [-0.3, -0.25) is 9.69 Å². The Labute approximate surface area is 131 Å². The standard InChI is InChI=1S/C17H26FN3O/c1-12(19)15-4-3-9-21(10-15)11-17(22)20-13(2)14-5-7-16(18)8-6-14/h5-8,12-13,15H,3-4,9-11,19H2,1-2H3,(H,20,22). The molecule has 122 valence electrons. The van der Waals surface area contributed by atoms with Crippen LogP contribution in [0.2, 0.25) is 0 Å². The second-order valence-corrected chi connectivity index (χ2v) is 6.34. The van der Waals surface area contributed by atoms with E-state index >= 15 is 0 Å². The fourth-order valence-corrected chi connectivity index (χ4v) is 2.99. The van der Waals surface area contributed by atoms with E-state index in [9.17, 15) is 9.18 Å². The molecule has 0 saturated carbocycles. The van der Waals surface area contributed by atoms with Crippen LogP contribution in [0.25, 0.3) is 0 Å². The number of hydrogen-bond donors (Lipinski definition) is 2. The highest BCUT2D eigenvalue weighted by molar-refractivity contribution is 5.78. The molecule has 0 aromatic heterocycles. The molecule has 3 unspecified atom stereocenters. The second kappa shape index (κ2) is 7.70. The Morgan fingerprint density at radius 1 is 1.41 bits per heavy atom. The maximum atomic E-state index is 12.9. The minimum absolute atomic E-state index is 0.00199. The summed E-state index contributed by atoms with van der Waals surface area (Å²) in [6, 6.07) is 6.28. The van der Waals surface area contributed by atoms with Gasteiger partial charge in [-0.2, -0.15) is 0 Å². The van der Waals surface area contributed by atoms with Crippen molar-refractivity contribution in [2.24, 2.45) is 11.7 Å². The van der Waals surface area contributed by atoms with Gasteiger partial charge in [0.1, 0.15) is 5.82 Å². The first kappa shape index (κ1) is 16.9. The lowest BCUT2D eigenvalue weighted by Crippen LogP contribution is -2.46. The maximum absolute atomic E-state index is 12.9. The van der Waals surface area contributed by atoms with E-state index in [4.69, 9.17) is 5.73 Å². The zero-order valence-corrected chi connectivity index (χ0v) is 13.4. The minimum Gasteiger partial charge on any atom is -0.348 e. The van der Waals surface area contributed by atoms with E-state index in [1.807, 2.05) is 13.8 Å². The lowest BCUT2D eigenvalue weighted by atomic mass is 9.92. The molecule has 2 rings (SSSR count). The molecular weight excluding hydrogens is 281 g/mol. The lowest BCUT2D eigenvalue weighted by Gasteiger charge is -2.34. The van der Waals surface area contributed by atoms with Gasteiger partial charge in [0, 0.05) is 12.6 Å². The van der Waals surface area contributed by atoms with Gasteiger partial charge in [0.25, 0.3) is 0 Å². The zero-order chi connectivity index (χ0) is 16.1. The molecule has 1 aliphatic heterocycles. The van der Waals surface area contributed by atoms with Gasteiger partial charge >= 0.3 is 0 Å². The monoisotopic (exact) mass is 307 g/mol. The summed E-state index contributed by atoms with van der Waals surface area (Å²) in [7, 11) is 0. The van der Waals surface area contributed by atoms with Gasteiger partial charge in [0.2, 0.25) is 5.91 Å². The van der Waals surface area contributed by atoms with Crippen molar-refractivity contribution < 1.29 is 9.18 Å². The molecule has 0 bridgehead atoms. The SMILES string of the molecule is CC(NC(=O)CN1CCCC(C(C)N)C1)c1ccc(F)cc1. The van der Waals surface area contributed by atoms with Gasteiger partial charge in [-0.1, -0.05) is 12.1 Å². The number of nitrogens with one attached hydrogen (secondary N) is 1. The molecule has 1 saturated heterocycles. The lowest BCUT2D eigenvalue weighted by molar-refractivity contribution is -0.123. The van der Waals surface area contributed by atoms with Crippen molar-refractivity contribution in [1.82, 2.24) is 10.2 Å². The van der Waals surface area contributed by atoms with Crippen LogP contribution in [0.5, 0.6) is 0 Å². The molecule has 1 aromatic carbocycles. The molecule has 1 aromatic rings. The van der Waals surface area contributed by atoms with Crippen molar-refractivity contribution in [1.29, 1.82) is 0 Å². The van der Waals surface area contributed by atoms with E-state index in [0.29, 0.717) is 12.5 Å². The third kappa shape index (κ3) is 4.78. The number of hydrogen-bond acceptors (Lipinski definition) is 3. The molecule has 1 heterocycles. The largest absolute Gasteiger partial charge is 0.348 e. The number of likely N-dealkylation sites (tertiary alicyclic amines) is 1. The first-order valence-corrected chi connectivity index (χ1v) is 7.98. The Morgan fingerprint density at radius 3 is 2.73 bits per heavy atom. The number of piperidine rings is 1. The normalized spacial score (nSPS) is 22.1. The maximum Gasteiger partial charge on any atom is 0.234 e. The van der Waals surface area contributed by atoms with E-state index in [1.165, 1.54) is 12.1 Å². The Kier molecular flexibility index (Phi) is 5.91. The molecule has 5 heteroatoms. The van der Waals surface area contributed by atoms with Crippen LogP contribution in [-0.2, 0) is 4.79 Å². The van der Waals surface area contributed by atoms with Crippen molar-refractivity contribution >= 4 is 5.91 Å². The van der Waals surface area contributed by atoms with E-state index in [0.717, 1.165) is 31.5 Å². The van der Waals surface area contributed by atoms with Gasteiger partial charge in [-0.05, 0) is 56.8 Å². The van der Waals surface area contributed by atoms with Crippen LogP contribution in [0, 0.1) is 11.7 Å². The summed E-state index contributed by atoms with van der Waals surface area (Å²) in [6.07, 6.45) is 2.23. The third-order valence-electron chi connectivity index (χ3n) is 4.40. The highest BCUT2D eigenvalue weighted by Gasteiger charge is 2.24. The average Bonchev–Trinajstić information content (AvgIpc) is 2.47. The third-order valence-corrected chi connectivity index (χ3v) is 4.40. The van der Waals surface area contributed by atoms with Crippen LogP contribution >= 0.6 is 0 Å². The van der Waals surface area contributed by atoms with E-state index in [1.54, 1.807) is 12.1 Å². The topological polar surface area (TPSA) is 58.4 Å². The van der Waals surface area contributed by atoms with Gasteiger partial charge in [0.15, 0.2) is 0 Å². The number of benzene rings is 1. The summed E-state index contributed by atoms with van der Waals surface area (Å²) in [5, 5.41) is 2.97. The zero-order valence-electron chi connectivity index (χ0n) is 13.4. The van der Waals surface area contributed by atoms with Gasteiger partial charge in [0.05, 0.1) is 12.6 Å². The number of carbonyl (C=O) groups is 1. The second-order valence-electron chi connectivity index (χ2n) is 6.34. The summed E-state index contributed by atoms with van der Waals surface area (Å²) in [5.41, 5.74) is 6.88. The Balaban J connectivity index is 1.83. The quantitative estimate of drug-likeness (QED) is 0.875. The van der Waals surface area contributed by atoms with Gasteiger partial charge in [-0.25, -0.2) is 4.39 Å². The summed E-state index contributed by atoms with van der Waals surface area (Å²) in [6.45, 7) is 6.17. The Hall–Kier alpha value is -1.46. The summed E-state index contributed by atoms with van der Waals surface area (Å²) in [4.78, 5) is 14.4. The Morgan fingerprint density at radius 2 is 2.09 bits per heavy atom. The van der Waals surface area contributed by atoms with Gasteiger partial charge < -0.3 is 11.1 Å². The minimum atomic E-state index is -0.266. The van der Waals surface area contributed by atoms with E-state index < -0.39 is 0 Å². The van der Waals surface area contributed by atoms with Crippen LogP contribution < -0.4 is 11.1 Å². The summed E-state index contributed by atoms with van der Waals surface area (Å²) < 4.78 is 12.9. The predicted octanol–water partition coefficient (Wildman–Crippen LogP) is 2.06. The fraction of sp³-hybridized carbons (Fsp3) is 0.588. The van der Waals surface area contributed by atoms with Gasteiger partial charge in [-0.15, -0.1) is 0 Å². The average molecular weight is 307 g/mol. The summed E-state index contributed by atoms with van der Waals surface area (Å²) >= 11 is 0. The molecule has 0 aliphatic carbocycles. The smallest absolute Gasteiger partial charge is 0.234 e. The van der Waals surface area contributed by atoms with Crippen molar-refractivity contribution in [3.63, 3.8) is 0 Å². The van der Waals surface area contributed by atoms with Crippen LogP contribution in [0.3, 0.4) is 0 Å². The molecule has 3 atom stereocenters. The first-order valence-electron chi connectivity index (χ1n) is 7.98. The molecule has 3 N–H and O–H groups in total. The molecule has 1 fully saturated rings. The summed E-state index contributed by atoms with van der Waals surface area (Å²) in [5.74, 6) is 0.204. The molecule has 4 nitrogen and oxygen atoms in total. The number of halogens is 1. The molecule has 0 radical (unpaired) electrons. The number of amides is 1. The highest BCUT2D eigenvalue weighted by Crippen LogP contribution is 2.18. The highest BCUT2D eigenvalue weighted by atomic mass is 19.1. The van der Waals surface area contributed by atoms with Crippen molar-refractivity contribution in [3.8, 4) is 0 Å². The molecule has 1 aliphatic rings. The number of carbonyl (C=O) groups excluding carboxylic acids is 1. The predicted molar refractivity (Wildman–Crippen MR) is 85.8 cm³/mol. The molecule has 22 heavy (non-hydrogen) atoms. The first-order chi connectivity index (χ1) is 10.5. The van der Waals surface area contributed by atoms with E-state index in [2.05, 4.69) is 10.2 Å². The molecule has 0 spiro atoms. The number of rotatable bonds is 5. The fourth-order valence-electron chi connectivity index (χ4n) is 2.99. The van der Waals surface area contributed by atoms with Crippen LogP contribution in [0.4, 0.5) is 4.39 Å². The Bertz CT molecular complexity index is 489. The number of nitrogens with zero attached hydrogens (tertiary/aromatic N) is 1. The van der Waals surface area contributed by atoms with Crippen LogP contribution in [0.1, 0.15) is 38.3 Å². The van der Waals surface area contributed by atoms with Crippen molar-refractivity contribution in [2.75, 3.05) is 19.6 Å². The van der Waals surface area contributed by atoms with Crippen LogP contribution in [0.15, 0.2) is 24.3 Å². The molecule has 1 amide bonds. The number of nitrogens with two attached hydrogens (primary N) is 1. The van der Waals surface area contributed by atoms with Crippen molar-refractivity contribution in [3.05, 3.63) is 35.6 Å². The van der Waals surface area contributed by atoms with Crippen LogP contribution in [-0.4, -0.2) is 36.5 Å². The van der Waals surface area contributed by atoms with Crippen molar-refractivity contribution in [2.45, 2.75) is 38.8 Å².